The van der Waals surface area contributed by atoms with E-state index >= 15 is 0 Å². The molecule has 0 spiro atoms. The lowest BCUT2D eigenvalue weighted by Gasteiger charge is -2.19. The summed E-state index contributed by atoms with van der Waals surface area (Å²) < 4.78 is 0. The molecule has 2 rings (SSSR count). The van der Waals surface area contributed by atoms with Crippen molar-refractivity contribution in [3.63, 3.8) is 0 Å². The van der Waals surface area contributed by atoms with E-state index in [1.807, 2.05) is 0 Å². The van der Waals surface area contributed by atoms with Gasteiger partial charge in [-0.25, -0.2) is 4.99 Å². The molecule has 0 fully saturated rings. The summed E-state index contributed by atoms with van der Waals surface area (Å²) in [5, 5.41) is 2.53. The molecule has 13 heavy (non-hydrogen) atoms. The Morgan fingerprint density at radius 2 is 2.38 bits per heavy atom. The van der Waals surface area contributed by atoms with Crippen LogP contribution in [0.2, 0.25) is 0 Å². The van der Waals surface area contributed by atoms with Gasteiger partial charge >= 0.3 is 0 Å². The molecule has 1 aliphatic carbocycles. The molecule has 70 valence electrons. The highest BCUT2D eigenvalue weighted by molar-refractivity contribution is 6.04. The molecule has 0 saturated carbocycles. The Morgan fingerprint density at radius 1 is 1.54 bits per heavy atom. The third-order valence-electron chi connectivity index (χ3n) is 2.55. The summed E-state index contributed by atoms with van der Waals surface area (Å²) in [4.78, 5) is 15.4. The molecular formula is C9H13N3O. The third-order valence-corrected chi connectivity index (χ3v) is 2.55. The van der Waals surface area contributed by atoms with E-state index < -0.39 is 0 Å². The number of rotatable bonds is 1. The number of aliphatic imine (C=N–C) groups is 1. The number of guanidine groups is 1. The minimum Gasteiger partial charge on any atom is -0.370 e. The Morgan fingerprint density at radius 3 is 2.92 bits per heavy atom. The summed E-state index contributed by atoms with van der Waals surface area (Å²) in [6.45, 7) is 0. The van der Waals surface area contributed by atoms with E-state index in [2.05, 4.69) is 22.5 Å². The van der Waals surface area contributed by atoms with Crippen LogP contribution < -0.4 is 11.1 Å². The molecule has 0 saturated heterocycles. The maximum absolute atomic E-state index is 11.4. The van der Waals surface area contributed by atoms with Gasteiger partial charge < -0.3 is 5.73 Å². The highest BCUT2D eigenvalue weighted by atomic mass is 16.2. The van der Waals surface area contributed by atoms with Gasteiger partial charge in [-0.2, -0.15) is 0 Å². The quantitative estimate of drug-likeness (QED) is 0.563. The van der Waals surface area contributed by atoms with Crippen LogP contribution in [-0.4, -0.2) is 17.9 Å². The van der Waals surface area contributed by atoms with Crippen LogP contribution in [0.4, 0.5) is 0 Å². The maximum atomic E-state index is 11.4. The van der Waals surface area contributed by atoms with Gasteiger partial charge in [-0.15, -0.1) is 0 Å². The number of carbonyl (C=O) groups is 1. The van der Waals surface area contributed by atoms with E-state index in [0.29, 0.717) is 5.92 Å². The van der Waals surface area contributed by atoms with Gasteiger partial charge in [-0.05, 0) is 25.2 Å². The number of nitrogens with one attached hydrogen (secondary N) is 1. The largest absolute Gasteiger partial charge is 0.370 e. The lowest BCUT2D eigenvalue weighted by Crippen LogP contribution is -2.35. The van der Waals surface area contributed by atoms with Gasteiger partial charge in [0.05, 0.1) is 0 Å². The molecule has 2 atom stereocenters. The Hall–Kier alpha value is -1.32. The Labute approximate surface area is 76.9 Å². The predicted molar refractivity (Wildman–Crippen MR) is 50.0 cm³/mol. The van der Waals surface area contributed by atoms with Crippen LogP contribution in [-0.2, 0) is 4.79 Å². The zero-order valence-electron chi connectivity index (χ0n) is 7.36. The fraction of sp³-hybridized carbons (Fsp3) is 0.556. The highest BCUT2D eigenvalue weighted by Gasteiger charge is 2.32. The third kappa shape index (κ3) is 1.56. The number of amides is 1. The summed E-state index contributed by atoms with van der Waals surface area (Å²) in [5.41, 5.74) is 5.42. The summed E-state index contributed by atoms with van der Waals surface area (Å²) in [7, 11) is 0. The van der Waals surface area contributed by atoms with Crippen LogP contribution in [0.25, 0.3) is 0 Å². The fourth-order valence-corrected chi connectivity index (χ4v) is 1.86. The molecule has 0 aromatic rings. The SMILES string of the molecule is NC1=NC(C2CC=CCC2)C(=O)N1. The van der Waals surface area contributed by atoms with Gasteiger partial charge in [-0.3, -0.25) is 10.1 Å². The van der Waals surface area contributed by atoms with Crippen LogP contribution >= 0.6 is 0 Å². The number of allylic oxidation sites excluding steroid dienone is 2. The Balaban J connectivity index is 2.08. The van der Waals surface area contributed by atoms with Gasteiger partial charge in [0.15, 0.2) is 5.96 Å². The summed E-state index contributed by atoms with van der Waals surface area (Å²) in [5.74, 6) is 0.563. The van der Waals surface area contributed by atoms with Crippen LogP contribution in [0.5, 0.6) is 0 Å². The molecule has 0 bridgehead atoms. The molecule has 4 nitrogen and oxygen atoms in total. The zero-order valence-corrected chi connectivity index (χ0v) is 7.36. The smallest absolute Gasteiger partial charge is 0.251 e. The van der Waals surface area contributed by atoms with Crippen molar-refractivity contribution in [3.8, 4) is 0 Å². The van der Waals surface area contributed by atoms with Gasteiger partial charge in [0.1, 0.15) is 6.04 Å². The first-order valence-corrected chi connectivity index (χ1v) is 4.56. The normalized spacial score (nSPS) is 32.9. The number of carbonyl (C=O) groups excluding carboxylic acids is 1. The maximum Gasteiger partial charge on any atom is 0.251 e. The molecule has 4 heteroatoms. The zero-order chi connectivity index (χ0) is 9.26. The fourth-order valence-electron chi connectivity index (χ4n) is 1.86. The van der Waals surface area contributed by atoms with Gasteiger partial charge in [0.2, 0.25) is 0 Å². The summed E-state index contributed by atoms with van der Waals surface area (Å²) in [6.07, 6.45) is 7.28. The van der Waals surface area contributed by atoms with Crippen molar-refractivity contribution in [2.45, 2.75) is 25.3 Å². The topological polar surface area (TPSA) is 67.5 Å². The van der Waals surface area contributed by atoms with Crippen LogP contribution in [0.15, 0.2) is 17.1 Å². The second kappa shape index (κ2) is 3.20. The minimum absolute atomic E-state index is 0.0437. The molecule has 2 aliphatic rings. The second-order valence-electron chi connectivity index (χ2n) is 3.49. The standard InChI is InChI=1S/C9H13N3O/c10-9-11-7(8(13)12-9)6-4-2-1-3-5-6/h1-2,6-7H,3-5H2,(H3,10,11,12,13). The average molecular weight is 179 g/mol. The molecule has 0 aromatic heterocycles. The molecule has 2 unspecified atom stereocenters. The molecule has 0 radical (unpaired) electrons. The first-order valence-electron chi connectivity index (χ1n) is 4.56. The first kappa shape index (κ1) is 8.29. The number of hydrogen-bond donors (Lipinski definition) is 2. The van der Waals surface area contributed by atoms with E-state index in [9.17, 15) is 4.79 Å². The highest BCUT2D eigenvalue weighted by Crippen LogP contribution is 2.25. The molecular weight excluding hydrogens is 166 g/mol. The second-order valence-corrected chi connectivity index (χ2v) is 3.49. The van der Waals surface area contributed by atoms with Crippen molar-refractivity contribution in [2.75, 3.05) is 0 Å². The number of hydrogen-bond acceptors (Lipinski definition) is 3. The van der Waals surface area contributed by atoms with Gasteiger partial charge in [-0.1, -0.05) is 12.2 Å². The lowest BCUT2D eigenvalue weighted by molar-refractivity contribution is -0.121. The monoisotopic (exact) mass is 179 g/mol. The van der Waals surface area contributed by atoms with E-state index in [1.165, 1.54) is 0 Å². The van der Waals surface area contributed by atoms with E-state index in [4.69, 9.17) is 5.73 Å². The first-order chi connectivity index (χ1) is 6.27. The van der Waals surface area contributed by atoms with Crippen LogP contribution in [0.3, 0.4) is 0 Å². The Bertz CT molecular complexity index is 283. The number of nitrogens with two attached hydrogens (primary N) is 1. The average Bonchev–Trinajstić information content (AvgIpc) is 2.47. The number of nitrogens with zero attached hydrogens (tertiary/aromatic N) is 1. The van der Waals surface area contributed by atoms with E-state index in [1.54, 1.807) is 0 Å². The minimum atomic E-state index is -0.245. The van der Waals surface area contributed by atoms with Crippen molar-refractivity contribution in [1.29, 1.82) is 0 Å². The van der Waals surface area contributed by atoms with Crippen LogP contribution in [0.1, 0.15) is 19.3 Å². The summed E-state index contributed by atoms with van der Waals surface area (Å²) in [6, 6.07) is -0.245. The van der Waals surface area contributed by atoms with Crippen molar-refractivity contribution < 1.29 is 4.79 Å². The van der Waals surface area contributed by atoms with Crippen molar-refractivity contribution in [2.24, 2.45) is 16.6 Å². The lowest BCUT2D eigenvalue weighted by atomic mass is 9.88. The van der Waals surface area contributed by atoms with Crippen molar-refractivity contribution >= 4 is 11.9 Å². The van der Waals surface area contributed by atoms with Gasteiger partial charge in [0.25, 0.3) is 5.91 Å². The Kier molecular flexibility index (Phi) is 2.04. The van der Waals surface area contributed by atoms with Crippen molar-refractivity contribution in [1.82, 2.24) is 5.32 Å². The van der Waals surface area contributed by atoms with E-state index in [0.717, 1.165) is 19.3 Å². The van der Waals surface area contributed by atoms with Crippen molar-refractivity contribution in [3.05, 3.63) is 12.2 Å². The molecule has 1 amide bonds. The molecule has 1 aliphatic heterocycles. The van der Waals surface area contributed by atoms with Gasteiger partial charge in [0, 0.05) is 0 Å². The predicted octanol–water partition coefficient (Wildman–Crippen LogP) is 0.156. The molecule has 3 N–H and O–H groups in total. The summed E-state index contributed by atoms with van der Waals surface area (Å²) >= 11 is 0. The van der Waals surface area contributed by atoms with E-state index in [-0.39, 0.29) is 17.9 Å². The molecule has 0 aromatic carbocycles. The van der Waals surface area contributed by atoms with Crippen LogP contribution in [0, 0.1) is 5.92 Å². The molecule has 1 heterocycles.